The number of anilines is 1. The Morgan fingerprint density at radius 3 is 2.52 bits per heavy atom. The van der Waals surface area contributed by atoms with Gasteiger partial charge in [-0.1, -0.05) is 43.7 Å². The summed E-state index contributed by atoms with van der Waals surface area (Å²) in [6, 6.07) is 17.0. The summed E-state index contributed by atoms with van der Waals surface area (Å²) in [7, 11) is 0. The smallest absolute Gasteiger partial charge is 0.292 e. The summed E-state index contributed by atoms with van der Waals surface area (Å²) in [4.78, 5) is 26.4. The van der Waals surface area contributed by atoms with Crippen LogP contribution in [0.3, 0.4) is 0 Å². The maximum absolute atomic E-state index is 12.7. The molecule has 5 nitrogen and oxygen atoms in total. The fourth-order valence-corrected chi connectivity index (χ4v) is 3.23. The van der Waals surface area contributed by atoms with Gasteiger partial charge in [0, 0.05) is 6.42 Å². The summed E-state index contributed by atoms with van der Waals surface area (Å²) in [6.07, 6.45) is 3.22. The highest BCUT2D eigenvalue weighted by atomic mass is 16.5. The molecule has 2 N–H and O–H groups in total. The summed E-state index contributed by atoms with van der Waals surface area (Å²) in [5, 5.41) is 1.98. The molecule has 0 aliphatic carbocycles. The number of carbonyl (C=O) groups excluding carboxylic acids is 2. The molecule has 0 unspecified atom stereocenters. The largest absolute Gasteiger partial charge is 0.494 e. The van der Waals surface area contributed by atoms with Crippen molar-refractivity contribution in [2.75, 3.05) is 18.1 Å². The maximum Gasteiger partial charge on any atom is 0.292 e. The number of rotatable bonds is 9. The van der Waals surface area contributed by atoms with Gasteiger partial charge in [-0.05, 0) is 36.2 Å². The fourth-order valence-electron chi connectivity index (χ4n) is 3.23. The molecular formula is C22H27N2O3+. The molecule has 2 amide bonds. The van der Waals surface area contributed by atoms with Crippen LogP contribution in [0.5, 0.6) is 5.75 Å². The minimum atomic E-state index is -0.332. The summed E-state index contributed by atoms with van der Waals surface area (Å²) < 4.78 is 5.64. The first kappa shape index (κ1) is 19.1. The third-order valence-corrected chi connectivity index (χ3v) is 4.77. The highest BCUT2D eigenvalue weighted by Gasteiger charge is 2.42. The molecule has 3 rings (SSSR count). The summed E-state index contributed by atoms with van der Waals surface area (Å²) >= 11 is 0. The van der Waals surface area contributed by atoms with Gasteiger partial charge in [-0.3, -0.25) is 9.59 Å². The van der Waals surface area contributed by atoms with Crippen LogP contribution in [0, 0.1) is 0 Å². The molecule has 0 saturated carbocycles. The number of hydrogen-bond donors (Lipinski definition) is 1. The Balaban J connectivity index is 1.55. The zero-order valence-electron chi connectivity index (χ0n) is 15.8. The Hall–Kier alpha value is -2.66. The van der Waals surface area contributed by atoms with E-state index < -0.39 is 0 Å². The molecule has 2 aromatic carbocycles. The van der Waals surface area contributed by atoms with Gasteiger partial charge in [0.05, 0.1) is 25.3 Å². The van der Waals surface area contributed by atoms with E-state index in [1.54, 1.807) is 12.1 Å². The highest BCUT2D eigenvalue weighted by Crippen LogP contribution is 2.24. The zero-order chi connectivity index (χ0) is 19.1. The lowest BCUT2D eigenvalue weighted by Gasteiger charge is -2.15. The fraction of sp³-hybridized carbons (Fsp3) is 0.364. The van der Waals surface area contributed by atoms with Crippen molar-refractivity contribution in [2.24, 2.45) is 0 Å². The second kappa shape index (κ2) is 9.33. The van der Waals surface area contributed by atoms with E-state index in [0.717, 1.165) is 31.6 Å². The molecule has 142 valence electrons. The van der Waals surface area contributed by atoms with Crippen molar-refractivity contribution in [3.05, 3.63) is 60.2 Å². The normalized spacial score (nSPS) is 16.8. The van der Waals surface area contributed by atoms with Crippen LogP contribution in [0.2, 0.25) is 0 Å². The van der Waals surface area contributed by atoms with E-state index >= 15 is 0 Å². The molecule has 2 aromatic rings. The molecule has 0 aromatic heterocycles. The van der Waals surface area contributed by atoms with Gasteiger partial charge in [0.25, 0.3) is 5.91 Å². The Labute approximate surface area is 160 Å². The number of hydrogen-bond acceptors (Lipinski definition) is 3. The van der Waals surface area contributed by atoms with Gasteiger partial charge in [0.1, 0.15) is 5.75 Å². The molecule has 1 aliphatic heterocycles. The second-order valence-corrected chi connectivity index (χ2v) is 6.83. The molecule has 0 spiro atoms. The summed E-state index contributed by atoms with van der Waals surface area (Å²) in [6.45, 7) is 3.58. The van der Waals surface area contributed by atoms with Gasteiger partial charge in [0.2, 0.25) is 5.91 Å². The zero-order valence-corrected chi connectivity index (χ0v) is 15.8. The topological polar surface area (TPSA) is 63.2 Å². The van der Waals surface area contributed by atoms with Crippen molar-refractivity contribution in [2.45, 2.75) is 38.6 Å². The maximum atomic E-state index is 12.7. The minimum Gasteiger partial charge on any atom is -0.494 e. The molecule has 27 heavy (non-hydrogen) atoms. The van der Waals surface area contributed by atoms with Gasteiger partial charge >= 0.3 is 0 Å². The molecule has 0 bridgehead atoms. The Kier molecular flexibility index (Phi) is 6.60. The lowest BCUT2D eigenvalue weighted by molar-refractivity contribution is -0.674. The Morgan fingerprint density at radius 1 is 1.07 bits per heavy atom. The number of nitrogens with zero attached hydrogens (tertiary/aromatic N) is 1. The number of carbonyl (C=O) groups is 2. The van der Waals surface area contributed by atoms with Crippen LogP contribution in [0.25, 0.3) is 0 Å². The standard InChI is InChI=1S/C22H26N2O3/c1-2-3-15-27-19-11-9-18(10-12-19)24-21(25)16-20(22(24)26)23-14-13-17-7-5-4-6-8-17/h4-12,20,23H,2-3,13-16H2,1H3/p+1/t20-/m0/s1. The van der Waals surface area contributed by atoms with E-state index in [9.17, 15) is 9.59 Å². The molecular weight excluding hydrogens is 340 g/mol. The van der Waals surface area contributed by atoms with Gasteiger partial charge in [0.15, 0.2) is 6.04 Å². The number of benzene rings is 2. The average molecular weight is 367 g/mol. The van der Waals surface area contributed by atoms with E-state index in [2.05, 4.69) is 19.1 Å². The first-order valence-corrected chi connectivity index (χ1v) is 9.66. The lowest BCUT2D eigenvalue weighted by atomic mass is 10.1. The molecule has 0 radical (unpaired) electrons. The predicted octanol–water partition coefficient (Wildman–Crippen LogP) is 2.30. The number of amides is 2. The Bertz CT molecular complexity index is 759. The SMILES string of the molecule is CCCCOc1ccc(N2C(=O)C[C@H]([NH2+]CCc3ccccc3)C2=O)cc1. The van der Waals surface area contributed by atoms with Crippen LogP contribution in [0.15, 0.2) is 54.6 Å². The van der Waals surface area contributed by atoms with Crippen molar-refractivity contribution in [3.63, 3.8) is 0 Å². The number of ether oxygens (including phenoxy) is 1. The molecule has 1 atom stereocenters. The van der Waals surface area contributed by atoms with Gasteiger partial charge in [-0.2, -0.15) is 0 Å². The number of imide groups is 1. The minimum absolute atomic E-state index is 0.132. The number of nitrogens with two attached hydrogens (primary N) is 1. The van der Waals surface area contributed by atoms with Crippen molar-refractivity contribution < 1.29 is 19.6 Å². The third kappa shape index (κ3) is 4.95. The van der Waals surface area contributed by atoms with Crippen molar-refractivity contribution in [3.8, 4) is 5.75 Å². The van der Waals surface area contributed by atoms with Crippen molar-refractivity contribution in [1.29, 1.82) is 0 Å². The molecule has 1 aliphatic rings. The van der Waals surface area contributed by atoms with Crippen LogP contribution in [0.4, 0.5) is 5.69 Å². The highest BCUT2D eigenvalue weighted by molar-refractivity contribution is 6.21. The van der Waals surface area contributed by atoms with E-state index in [1.807, 2.05) is 35.6 Å². The number of quaternary nitrogens is 1. The van der Waals surface area contributed by atoms with Crippen LogP contribution in [-0.4, -0.2) is 31.0 Å². The Morgan fingerprint density at radius 2 is 1.81 bits per heavy atom. The quantitative estimate of drug-likeness (QED) is 0.546. The van der Waals surface area contributed by atoms with E-state index in [4.69, 9.17) is 4.74 Å². The third-order valence-electron chi connectivity index (χ3n) is 4.77. The van der Waals surface area contributed by atoms with Crippen LogP contribution < -0.4 is 15.0 Å². The first-order chi connectivity index (χ1) is 13.2. The van der Waals surface area contributed by atoms with Gasteiger partial charge in [-0.15, -0.1) is 0 Å². The molecule has 1 heterocycles. The molecule has 1 fully saturated rings. The monoisotopic (exact) mass is 367 g/mol. The lowest BCUT2D eigenvalue weighted by Crippen LogP contribution is -2.92. The predicted molar refractivity (Wildman–Crippen MR) is 105 cm³/mol. The van der Waals surface area contributed by atoms with Gasteiger partial charge < -0.3 is 10.1 Å². The summed E-state index contributed by atoms with van der Waals surface area (Å²) in [5.41, 5.74) is 1.85. The van der Waals surface area contributed by atoms with Crippen molar-refractivity contribution >= 4 is 17.5 Å². The average Bonchev–Trinajstić information content (AvgIpc) is 2.97. The van der Waals surface area contributed by atoms with Crippen LogP contribution in [0.1, 0.15) is 31.7 Å². The van der Waals surface area contributed by atoms with E-state index in [-0.39, 0.29) is 24.3 Å². The van der Waals surface area contributed by atoms with E-state index in [1.165, 1.54) is 10.5 Å². The molecule has 5 heteroatoms. The molecule has 1 saturated heterocycles. The number of unbranched alkanes of at least 4 members (excludes halogenated alkanes) is 1. The summed E-state index contributed by atoms with van der Waals surface area (Å²) in [5.74, 6) is 0.491. The van der Waals surface area contributed by atoms with Crippen LogP contribution in [-0.2, 0) is 16.0 Å². The van der Waals surface area contributed by atoms with E-state index in [0.29, 0.717) is 12.3 Å². The van der Waals surface area contributed by atoms with Crippen molar-refractivity contribution in [1.82, 2.24) is 0 Å². The first-order valence-electron chi connectivity index (χ1n) is 9.66. The second-order valence-electron chi connectivity index (χ2n) is 6.83. The van der Waals surface area contributed by atoms with Gasteiger partial charge in [-0.25, -0.2) is 4.90 Å². The van der Waals surface area contributed by atoms with Crippen LogP contribution >= 0.6 is 0 Å².